The van der Waals surface area contributed by atoms with E-state index in [0.29, 0.717) is 5.75 Å². The molecule has 1 aliphatic rings. The van der Waals surface area contributed by atoms with Crippen molar-refractivity contribution in [2.75, 3.05) is 0 Å². The lowest BCUT2D eigenvalue weighted by atomic mass is 9.98. The zero-order chi connectivity index (χ0) is 8.77. The Labute approximate surface area is 80.5 Å². The highest BCUT2D eigenvalue weighted by molar-refractivity contribution is 9.10. The molecule has 0 aliphatic heterocycles. The van der Waals surface area contributed by atoms with Gasteiger partial charge in [0.2, 0.25) is 0 Å². The number of rotatable bonds is 1. The van der Waals surface area contributed by atoms with E-state index in [9.17, 15) is 5.11 Å². The fraction of sp³-hybridized carbons (Fsp3) is 0.400. The van der Waals surface area contributed by atoms with Gasteiger partial charge in [0.05, 0.1) is 0 Å². The van der Waals surface area contributed by atoms with Crippen molar-refractivity contribution in [1.29, 1.82) is 0 Å². The van der Waals surface area contributed by atoms with Crippen molar-refractivity contribution >= 4 is 15.9 Å². The minimum absolute atomic E-state index is 0.244. The molecule has 1 aromatic rings. The number of hydrogen-bond acceptors (Lipinski definition) is 1. The van der Waals surface area contributed by atoms with Crippen LogP contribution in [0.2, 0.25) is 0 Å². The Hall–Kier alpha value is -0.500. The molecule has 0 heterocycles. The van der Waals surface area contributed by atoms with Gasteiger partial charge >= 0.3 is 0 Å². The first-order valence-electron chi connectivity index (χ1n) is 4.11. The summed E-state index contributed by atoms with van der Waals surface area (Å²) in [5.74, 6) is 0.429. The van der Waals surface area contributed by atoms with E-state index in [1.54, 1.807) is 6.07 Å². The molecule has 0 radical (unpaired) electrons. The minimum atomic E-state index is 0.244. The molecule has 1 N–H and O–H groups in total. The van der Waals surface area contributed by atoms with Crippen LogP contribution in [0.3, 0.4) is 0 Å². The van der Waals surface area contributed by atoms with Crippen LogP contribution in [0.4, 0.5) is 0 Å². The molecule has 0 saturated heterocycles. The van der Waals surface area contributed by atoms with Crippen molar-refractivity contribution in [3.63, 3.8) is 0 Å². The van der Waals surface area contributed by atoms with Gasteiger partial charge in [0.1, 0.15) is 5.75 Å². The molecule has 0 unspecified atom stereocenters. The van der Waals surface area contributed by atoms with Gasteiger partial charge in [0.25, 0.3) is 0 Å². The third kappa shape index (κ3) is 1.24. The zero-order valence-electron chi connectivity index (χ0n) is 6.97. The Morgan fingerprint density at radius 3 is 2.67 bits per heavy atom. The van der Waals surface area contributed by atoms with Crippen molar-refractivity contribution in [3.8, 4) is 5.75 Å². The Kier molecular flexibility index (Phi) is 1.69. The normalized spacial score (nSPS) is 19.2. The fourth-order valence-corrected chi connectivity index (χ4v) is 1.81. The van der Waals surface area contributed by atoms with Gasteiger partial charge in [-0.1, -0.05) is 22.9 Å². The van der Waals surface area contributed by atoms with E-state index in [2.05, 4.69) is 22.9 Å². The molecule has 0 aromatic heterocycles. The predicted molar refractivity (Wildman–Crippen MR) is 52.4 cm³/mol. The third-order valence-electron chi connectivity index (χ3n) is 2.61. The lowest BCUT2D eigenvalue weighted by Gasteiger charge is -2.10. The van der Waals surface area contributed by atoms with Gasteiger partial charge in [-0.15, -0.1) is 0 Å². The summed E-state index contributed by atoms with van der Waals surface area (Å²) in [4.78, 5) is 0. The van der Waals surface area contributed by atoms with Crippen LogP contribution in [0.5, 0.6) is 5.75 Å². The molecule has 0 bridgehead atoms. The van der Waals surface area contributed by atoms with Crippen LogP contribution in [0.25, 0.3) is 0 Å². The highest BCUT2D eigenvalue weighted by Gasteiger charge is 2.40. The third-order valence-corrected chi connectivity index (χ3v) is 3.10. The summed E-state index contributed by atoms with van der Waals surface area (Å²) in [6.07, 6.45) is 2.38. The van der Waals surface area contributed by atoms with Crippen LogP contribution in [0.15, 0.2) is 22.7 Å². The zero-order valence-corrected chi connectivity index (χ0v) is 8.56. The molecule has 1 nitrogen and oxygen atoms in total. The largest absolute Gasteiger partial charge is 0.508 e. The average Bonchev–Trinajstić information content (AvgIpc) is 2.75. The highest BCUT2D eigenvalue weighted by Crippen LogP contribution is 2.50. The van der Waals surface area contributed by atoms with Gasteiger partial charge in [0.15, 0.2) is 0 Å². The maximum atomic E-state index is 9.59. The van der Waals surface area contributed by atoms with E-state index >= 15 is 0 Å². The second-order valence-corrected chi connectivity index (χ2v) is 4.64. The number of halogens is 1. The molecule has 1 saturated carbocycles. The van der Waals surface area contributed by atoms with Crippen LogP contribution in [-0.4, -0.2) is 5.11 Å². The molecule has 0 spiro atoms. The summed E-state index contributed by atoms with van der Waals surface area (Å²) in [5.41, 5.74) is 1.32. The van der Waals surface area contributed by atoms with Crippen molar-refractivity contribution < 1.29 is 5.11 Å². The summed E-state index contributed by atoms with van der Waals surface area (Å²) in [7, 11) is 0. The van der Waals surface area contributed by atoms with E-state index in [1.165, 1.54) is 12.8 Å². The van der Waals surface area contributed by atoms with Gasteiger partial charge in [-0.25, -0.2) is 0 Å². The van der Waals surface area contributed by atoms with Crippen LogP contribution in [0.1, 0.15) is 25.3 Å². The van der Waals surface area contributed by atoms with Crippen molar-refractivity contribution in [1.82, 2.24) is 0 Å². The Morgan fingerprint density at radius 2 is 2.08 bits per heavy atom. The molecular weight excluding hydrogens is 216 g/mol. The molecule has 12 heavy (non-hydrogen) atoms. The van der Waals surface area contributed by atoms with Gasteiger partial charge in [-0.05, 0) is 36.5 Å². The second kappa shape index (κ2) is 2.49. The summed E-state index contributed by atoms with van der Waals surface area (Å²) in [6.45, 7) is 2.19. The number of benzene rings is 1. The summed E-state index contributed by atoms with van der Waals surface area (Å²) in [6, 6.07) is 5.63. The van der Waals surface area contributed by atoms with E-state index in [1.807, 2.05) is 12.1 Å². The van der Waals surface area contributed by atoms with Crippen LogP contribution in [0, 0.1) is 0 Å². The summed E-state index contributed by atoms with van der Waals surface area (Å²) < 4.78 is 1.04. The van der Waals surface area contributed by atoms with Gasteiger partial charge in [-0.2, -0.15) is 0 Å². The smallest absolute Gasteiger partial charge is 0.119 e. The molecule has 2 rings (SSSR count). The standard InChI is InChI=1S/C10H11BrO/c1-10(4-5-10)8-6-7(11)2-3-9(8)12/h2-3,6,12H,4-5H2,1H3. The van der Waals surface area contributed by atoms with Crippen LogP contribution >= 0.6 is 15.9 Å². The Balaban J connectivity index is 2.48. The first kappa shape index (κ1) is 8.11. The Bertz CT molecular complexity index is 316. The quantitative estimate of drug-likeness (QED) is 0.780. The van der Waals surface area contributed by atoms with E-state index in [-0.39, 0.29) is 5.41 Å². The summed E-state index contributed by atoms with van der Waals surface area (Å²) >= 11 is 3.41. The molecule has 1 aliphatic carbocycles. The topological polar surface area (TPSA) is 20.2 Å². The van der Waals surface area contributed by atoms with E-state index in [4.69, 9.17) is 0 Å². The van der Waals surface area contributed by atoms with Crippen molar-refractivity contribution in [2.45, 2.75) is 25.2 Å². The van der Waals surface area contributed by atoms with Gasteiger partial charge in [0, 0.05) is 10.0 Å². The Morgan fingerprint density at radius 1 is 1.42 bits per heavy atom. The van der Waals surface area contributed by atoms with E-state index < -0.39 is 0 Å². The maximum Gasteiger partial charge on any atom is 0.119 e. The van der Waals surface area contributed by atoms with Gasteiger partial charge in [-0.3, -0.25) is 0 Å². The number of hydrogen-bond donors (Lipinski definition) is 1. The molecule has 1 aromatic carbocycles. The average molecular weight is 227 g/mol. The molecule has 1 fully saturated rings. The summed E-state index contributed by atoms with van der Waals surface area (Å²) in [5, 5.41) is 9.59. The van der Waals surface area contributed by atoms with Crippen molar-refractivity contribution in [2.24, 2.45) is 0 Å². The molecule has 0 atom stereocenters. The SMILES string of the molecule is CC1(c2cc(Br)ccc2O)CC1. The minimum Gasteiger partial charge on any atom is -0.508 e. The highest BCUT2D eigenvalue weighted by atomic mass is 79.9. The number of phenols is 1. The van der Waals surface area contributed by atoms with Crippen molar-refractivity contribution in [3.05, 3.63) is 28.2 Å². The molecular formula is C10H11BrO. The lowest BCUT2D eigenvalue weighted by Crippen LogP contribution is -1.99. The van der Waals surface area contributed by atoms with E-state index in [0.717, 1.165) is 10.0 Å². The monoisotopic (exact) mass is 226 g/mol. The molecule has 2 heteroatoms. The number of aromatic hydroxyl groups is 1. The number of phenolic OH excluding ortho intramolecular Hbond substituents is 1. The molecule has 0 amide bonds. The molecule has 64 valence electrons. The second-order valence-electron chi connectivity index (χ2n) is 3.72. The van der Waals surface area contributed by atoms with Gasteiger partial charge < -0.3 is 5.11 Å². The fourth-order valence-electron chi connectivity index (χ4n) is 1.45. The van der Waals surface area contributed by atoms with Crippen LogP contribution < -0.4 is 0 Å². The maximum absolute atomic E-state index is 9.59. The predicted octanol–water partition coefficient (Wildman–Crippen LogP) is 3.21. The van der Waals surface area contributed by atoms with Crippen LogP contribution in [-0.2, 0) is 5.41 Å². The first-order valence-corrected chi connectivity index (χ1v) is 4.90. The lowest BCUT2D eigenvalue weighted by molar-refractivity contribution is 0.461. The first-order chi connectivity index (χ1) is 5.62.